The van der Waals surface area contributed by atoms with Gasteiger partial charge in [0, 0.05) is 6.04 Å². The van der Waals surface area contributed by atoms with Crippen molar-refractivity contribution in [1.82, 2.24) is 10.3 Å². The normalized spacial score (nSPS) is 25.7. The van der Waals surface area contributed by atoms with Crippen LogP contribution in [0.1, 0.15) is 70.6 Å². The van der Waals surface area contributed by atoms with E-state index in [-0.39, 0.29) is 6.04 Å². The van der Waals surface area contributed by atoms with E-state index in [1.165, 1.54) is 32.1 Å². The lowest BCUT2D eigenvalue weighted by Gasteiger charge is -2.23. The smallest absolute Gasteiger partial charge is 0.211 e. The fourth-order valence-electron chi connectivity index (χ4n) is 2.83. The summed E-state index contributed by atoms with van der Waals surface area (Å²) in [6.45, 7) is 8.85. The van der Waals surface area contributed by atoms with Crippen molar-refractivity contribution in [3.63, 3.8) is 0 Å². The van der Waals surface area contributed by atoms with Crippen molar-refractivity contribution in [3.05, 3.63) is 17.8 Å². The van der Waals surface area contributed by atoms with Crippen LogP contribution >= 0.6 is 0 Å². The van der Waals surface area contributed by atoms with Crippen LogP contribution in [0.3, 0.4) is 0 Å². The summed E-state index contributed by atoms with van der Waals surface area (Å²) in [7, 11) is 0. The van der Waals surface area contributed by atoms with Gasteiger partial charge in [-0.2, -0.15) is 0 Å². The largest absolute Gasteiger partial charge is 0.444 e. The van der Waals surface area contributed by atoms with E-state index in [0.29, 0.717) is 11.5 Å². The Morgan fingerprint density at radius 2 is 2.17 bits per heavy atom. The second kappa shape index (κ2) is 5.43. The molecule has 0 radical (unpaired) electrons. The summed E-state index contributed by atoms with van der Waals surface area (Å²) in [4.78, 5) is 4.30. The molecule has 2 atom stereocenters. The molecule has 0 spiro atoms. The molecule has 0 saturated heterocycles. The van der Waals surface area contributed by atoms with Crippen LogP contribution in [0, 0.1) is 12.3 Å². The minimum atomic E-state index is 0.213. The van der Waals surface area contributed by atoms with E-state index in [0.717, 1.165) is 11.7 Å². The van der Waals surface area contributed by atoms with Crippen molar-refractivity contribution in [2.24, 2.45) is 5.41 Å². The quantitative estimate of drug-likeness (QED) is 0.824. The van der Waals surface area contributed by atoms with Crippen LogP contribution in [0.5, 0.6) is 0 Å². The number of aromatic nitrogens is 1. The van der Waals surface area contributed by atoms with Crippen molar-refractivity contribution in [1.29, 1.82) is 0 Å². The molecule has 1 N–H and O–H groups in total. The minimum absolute atomic E-state index is 0.213. The third-order valence-corrected chi connectivity index (χ3v) is 4.07. The molecule has 3 nitrogen and oxygen atoms in total. The van der Waals surface area contributed by atoms with Crippen molar-refractivity contribution in [3.8, 4) is 0 Å². The first kappa shape index (κ1) is 13.6. The van der Waals surface area contributed by atoms with Crippen LogP contribution in [0.4, 0.5) is 0 Å². The summed E-state index contributed by atoms with van der Waals surface area (Å²) >= 11 is 0. The van der Waals surface area contributed by atoms with Crippen LogP contribution in [-0.2, 0) is 0 Å². The lowest BCUT2D eigenvalue weighted by atomic mass is 9.85. The predicted molar refractivity (Wildman–Crippen MR) is 73.4 cm³/mol. The third-order valence-electron chi connectivity index (χ3n) is 4.07. The van der Waals surface area contributed by atoms with Gasteiger partial charge in [0.05, 0.1) is 12.2 Å². The molecule has 0 aliphatic heterocycles. The van der Waals surface area contributed by atoms with Gasteiger partial charge in [-0.1, -0.05) is 20.3 Å². The summed E-state index contributed by atoms with van der Waals surface area (Å²) in [6.07, 6.45) is 8.30. The van der Waals surface area contributed by atoms with Gasteiger partial charge in [0.2, 0.25) is 5.89 Å². The Balaban J connectivity index is 1.89. The highest BCUT2D eigenvalue weighted by Gasteiger charge is 2.25. The fraction of sp³-hybridized carbons (Fsp3) is 0.800. The van der Waals surface area contributed by atoms with E-state index in [9.17, 15) is 0 Å². The van der Waals surface area contributed by atoms with Gasteiger partial charge in [0.25, 0.3) is 0 Å². The maximum atomic E-state index is 5.59. The number of hydrogen-bond donors (Lipinski definition) is 1. The van der Waals surface area contributed by atoms with Gasteiger partial charge >= 0.3 is 0 Å². The number of rotatable bonds is 3. The maximum Gasteiger partial charge on any atom is 0.211 e. The van der Waals surface area contributed by atoms with Gasteiger partial charge in [0.1, 0.15) is 5.76 Å². The lowest BCUT2D eigenvalue weighted by Crippen LogP contribution is -2.31. The summed E-state index contributed by atoms with van der Waals surface area (Å²) in [5, 5.41) is 3.67. The summed E-state index contributed by atoms with van der Waals surface area (Å²) < 4.78 is 5.59. The number of nitrogens with zero attached hydrogens (tertiary/aromatic N) is 1. The Bertz CT molecular complexity index is 384. The van der Waals surface area contributed by atoms with Crippen LogP contribution in [0.2, 0.25) is 0 Å². The van der Waals surface area contributed by atoms with Gasteiger partial charge in [0.15, 0.2) is 0 Å². The molecule has 1 saturated carbocycles. The highest BCUT2D eigenvalue weighted by molar-refractivity contribution is 4.96. The van der Waals surface area contributed by atoms with E-state index in [4.69, 9.17) is 4.42 Å². The van der Waals surface area contributed by atoms with Gasteiger partial charge in [-0.25, -0.2) is 4.98 Å². The number of aryl methyl sites for hydroxylation is 1. The number of oxazole rings is 1. The molecule has 1 aliphatic carbocycles. The number of hydrogen-bond acceptors (Lipinski definition) is 3. The zero-order valence-electron chi connectivity index (χ0n) is 12.1. The second-order valence-electron chi connectivity index (χ2n) is 6.49. The summed E-state index contributed by atoms with van der Waals surface area (Å²) in [6, 6.07) is 0.818. The lowest BCUT2D eigenvalue weighted by molar-refractivity contribution is 0.303. The predicted octanol–water partition coefficient (Wildman–Crippen LogP) is 3.99. The molecule has 2 unspecified atom stereocenters. The van der Waals surface area contributed by atoms with Gasteiger partial charge < -0.3 is 9.73 Å². The zero-order valence-corrected chi connectivity index (χ0v) is 12.1. The number of nitrogens with one attached hydrogen (secondary N) is 1. The van der Waals surface area contributed by atoms with E-state index in [1.807, 2.05) is 6.92 Å². The Morgan fingerprint density at radius 1 is 1.39 bits per heavy atom. The van der Waals surface area contributed by atoms with Gasteiger partial charge in [-0.15, -0.1) is 0 Å². The first-order valence-corrected chi connectivity index (χ1v) is 7.15. The Hall–Kier alpha value is -0.830. The first-order valence-electron chi connectivity index (χ1n) is 7.15. The van der Waals surface area contributed by atoms with Crippen molar-refractivity contribution < 1.29 is 4.42 Å². The summed E-state index contributed by atoms with van der Waals surface area (Å²) in [5.41, 5.74) is 0.513. The standard InChI is InChI=1S/C15H26N2O/c1-11-10-16-14(18-11)12(2)17-13-6-5-8-15(3,4)9-7-13/h10,12-13,17H,5-9H2,1-4H3. The Labute approximate surface area is 110 Å². The molecule has 1 aliphatic rings. The molecule has 0 bridgehead atoms. The molecular formula is C15H26N2O. The van der Waals surface area contributed by atoms with Crippen LogP contribution in [0.15, 0.2) is 10.6 Å². The van der Waals surface area contributed by atoms with Crippen LogP contribution in [0.25, 0.3) is 0 Å². The maximum absolute atomic E-state index is 5.59. The van der Waals surface area contributed by atoms with Gasteiger partial charge in [-0.05, 0) is 44.9 Å². The molecule has 0 aromatic carbocycles. The molecule has 2 rings (SSSR count). The van der Waals surface area contributed by atoms with E-state index >= 15 is 0 Å². The molecule has 18 heavy (non-hydrogen) atoms. The van der Waals surface area contributed by atoms with E-state index in [1.54, 1.807) is 6.20 Å². The topological polar surface area (TPSA) is 38.1 Å². The van der Waals surface area contributed by atoms with Crippen LogP contribution in [-0.4, -0.2) is 11.0 Å². The summed E-state index contributed by atoms with van der Waals surface area (Å²) in [5.74, 6) is 1.71. The molecule has 1 aromatic rings. The molecular weight excluding hydrogens is 224 g/mol. The zero-order chi connectivity index (χ0) is 13.2. The first-order chi connectivity index (χ1) is 8.46. The average Bonchev–Trinajstić information content (AvgIpc) is 2.65. The molecule has 0 amide bonds. The second-order valence-corrected chi connectivity index (χ2v) is 6.49. The average molecular weight is 250 g/mol. The van der Waals surface area contributed by atoms with Crippen molar-refractivity contribution in [2.75, 3.05) is 0 Å². The highest BCUT2D eigenvalue weighted by Crippen LogP contribution is 2.34. The highest BCUT2D eigenvalue weighted by atomic mass is 16.4. The molecule has 102 valence electrons. The Morgan fingerprint density at radius 3 is 2.83 bits per heavy atom. The van der Waals surface area contributed by atoms with Crippen LogP contribution < -0.4 is 5.32 Å². The van der Waals surface area contributed by atoms with Crippen molar-refractivity contribution >= 4 is 0 Å². The monoisotopic (exact) mass is 250 g/mol. The molecule has 1 fully saturated rings. The van der Waals surface area contributed by atoms with E-state index < -0.39 is 0 Å². The fourth-order valence-corrected chi connectivity index (χ4v) is 2.83. The molecule has 3 heteroatoms. The minimum Gasteiger partial charge on any atom is -0.444 e. The molecule has 1 aromatic heterocycles. The SMILES string of the molecule is Cc1cnc(C(C)NC2CCCC(C)(C)CC2)o1. The van der Waals surface area contributed by atoms with Crippen molar-refractivity contribution in [2.45, 2.75) is 71.9 Å². The van der Waals surface area contributed by atoms with Gasteiger partial charge in [-0.3, -0.25) is 0 Å². The Kier molecular flexibility index (Phi) is 4.10. The molecule has 1 heterocycles. The third kappa shape index (κ3) is 3.58. The van der Waals surface area contributed by atoms with E-state index in [2.05, 4.69) is 31.1 Å².